The lowest BCUT2D eigenvalue weighted by molar-refractivity contribution is 0.183. The molecular weight excluding hydrogens is 193 g/mol. The van der Waals surface area contributed by atoms with Gasteiger partial charge in [-0.2, -0.15) is 0 Å². The zero-order valence-corrected chi connectivity index (χ0v) is 9.26. The quantitative estimate of drug-likeness (QED) is 0.730. The van der Waals surface area contributed by atoms with Gasteiger partial charge >= 0.3 is 0 Å². The summed E-state index contributed by atoms with van der Waals surface area (Å²) in [6, 6.07) is 5.10. The molecule has 0 fully saturated rings. The van der Waals surface area contributed by atoms with Gasteiger partial charge in [-0.3, -0.25) is 0 Å². The average molecular weight is 211 g/mol. The lowest BCUT2D eigenvalue weighted by Gasteiger charge is -2.07. The van der Waals surface area contributed by atoms with Crippen LogP contribution in [0.15, 0.2) is 18.2 Å². The summed E-state index contributed by atoms with van der Waals surface area (Å²) in [5.41, 5.74) is 1.74. The summed E-state index contributed by atoms with van der Waals surface area (Å²) >= 11 is 0. The Bertz CT molecular complexity index is 312. The molecule has 84 valence electrons. The second-order valence-electron chi connectivity index (χ2n) is 3.90. The van der Waals surface area contributed by atoms with Crippen LogP contribution in [0.2, 0.25) is 0 Å². The van der Waals surface area contributed by atoms with Crippen molar-refractivity contribution in [3.63, 3.8) is 0 Å². The minimum atomic E-state index is -0.271. The minimum absolute atomic E-state index is 0.164. The van der Waals surface area contributed by atoms with Crippen LogP contribution in [0.4, 0.5) is 4.39 Å². The van der Waals surface area contributed by atoms with Gasteiger partial charge in [0.2, 0.25) is 0 Å². The van der Waals surface area contributed by atoms with Gasteiger partial charge in [-0.15, -0.1) is 0 Å². The number of aliphatic hydroxyl groups excluding tert-OH is 1. The van der Waals surface area contributed by atoms with E-state index < -0.39 is 0 Å². The van der Waals surface area contributed by atoms with Gasteiger partial charge in [0.05, 0.1) is 6.10 Å². The number of halogens is 1. The van der Waals surface area contributed by atoms with Gasteiger partial charge in [0.25, 0.3) is 0 Å². The van der Waals surface area contributed by atoms with E-state index in [4.69, 9.17) is 5.11 Å². The Morgan fingerprint density at radius 2 is 2.20 bits per heavy atom. The molecule has 0 spiro atoms. The average Bonchev–Trinajstić information content (AvgIpc) is 2.18. The van der Waals surface area contributed by atoms with Gasteiger partial charge in [-0.05, 0) is 44.0 Å². The Hall–Kier alpha value is -0.930. The lowest BCUT2D eigenvalue weighted by atomic mass is 10.1. The van der Waals surface area contributed by atoms with Gasteiger partial charge in [0.1, 0.15) is 5.82 Å². The molecule has 1 unspecified atom stereocenters. The first kappa shape index (κ1) is 12.1. The molecule has 2 N–H and O–H groups in total. The summed E-state index contributed by atoms with van der Waals surface area (Å²) in [6.45, 7) is 5.01. The normalized spacial score (nSPS) is 12.8. The summed E-state index contributed by atoms with van der Waals surface area (Å²) in [5, 5.41) is 12.2. The van der Waals surface area contributed by atoms with E-state index in [9.17, 15) is 4.39 Å². The molecule has 0 aliphatic carbocycles. The molecule has 3 heteroatoms. The Balaban J connectivity index is 2.35. The summed E-state index contributed by atoms with van der Waals surface area (Å²) in [5.74, 6) is -0.164. The smallest absolute Gasteiger partial charge is 0.126 e. The predicted molar refractivity (Wildman–Crippen MR) is 59.1 cm³/mol. The SMILES string of the molecule is Cc1cc(CNCCC(C)O)ccc1F. The number of aryl methyl sites for hydroxylation is 1. The largest absolute Gasteiger partial charge is 0.393 e. The molecule has 1 rings (SSSR count). The molecule has 0 heterocycles. The van der Waals surface area contributed by atoms with Crippen LogP contribution in [0, 0.1) is 12.7 Å². The highest BCUT2D eigenvalue weighted by atomic mass is 19.1. The lowest BCUT2D eigenvalue weighted by Crippen LogP contribution is -2.18. The van der Waals surface area contributed by atoms with Crippen LogP contribution >= 0.6 is 0 Å². The van der Waals surface area contributed by atoms with Gasteiger partial charge in [0, 0.05) is 6.54 Å². The van der Waals surface area contributed by atoms with Crippen molar-refractivity contribution in [2.75, 3.05) is 6.54 Å². The minimum Gasteiger partial charge on any atom is -0.393 e. The zero-order chi connectivity index (χ0) is 11.3. The van der Waals surface area contributed by atoms with Crippen LogP contribution < -0.4 is 5.32 Å². The van der Waals surface area contributed by atoms with E-state index in [0.29, 0.717) is 12.1 Å². The second kappa shape index (κ2) is 5.83. The molecule has 0 amide bonds. The van der Waals surface area contributed by atoms with E-state index in [1.807, 2.05) is 6.07 Å². The van der Waals surface area contributed by atoms with Crippen molar-refractivity contribution in [2.24, 2.45) is 0 Å². The van der Waals surface area contributed by atoms with E-state index in [0.717, 1.165) is 18.5 Å². The standard InChI is InChI=1S/C12H18FNO/c1-9-7-11(3-4-12(9)13)8-14-6-5-10(2)15/h3-4,7,10,14-15H,5-6,8H2,1-2H3. The molecule has 0 saturated heterocycles. The molecule has 0 radical (unpaired) electrons. The topological polar surface area (TPSA) is 32.3 Å². The number of aliphatic hydroxyl groups is 1. The number of rotatable bonds is 5. The highest BCUT2D eigenvalue weighted by Gasteiger charge is 1.99. The maximum Gasteiger partial charge on any atom is 0.126 e. The Labute approximate surface area is 90.1 Å². The highest BCUT2D eigenvalue weighted by molar-refractivity contribution is 5.23. The third-order valence-electron chi connectivity index (χ3n) is 2.29. The Morgan fingerprint density at radius 3 is 2.80 bits per heavy atom. The third-order valence-corrected chi connectivity index (χ3v) is 2.29. The van der Waals surface area contributed by atoms with Crippen molar-refractivity contribution in [1.29, 1.82) is 0 Å². The molecule has 2 nitrogen and oxygen atoms in total. The van der Waals surface area contributed by atoms with E-state index in [-0.39, 0.29) is 11.9 Å². The second-order valence-corrected chi connectivity index (χ2v) is 3.90. The van der Waals surface area contributed by atoms with Crippen LogP contribution in [0.25, 0.3) is 0 Å². The molecule has 0 aliphatic rings. The zero-order valence-electron chi connectivity index (χ0n) is 9.26. The molecule has 0 bridgehead atoms. The van der Waals surface area contributed by atoms with Gasteiger partial charge < -0.3 is 10.4 Å². The van der Waals surface area contributed by atoms with E-state index in [1.54, 1.807) is 19.9 Å². The molecule has 0 aromatic heterocycles. The summed E-state index contributed by atoms with van der Waals surface area (Å²) in [7, 11) is 0. The third kappa shape index (κ3) is 4.40. The molecule has 15 heavy (non-hydrogen) atoms. The van der Waals surface area contributed by atoms with E-state index in [2.05, 4.69) is 5.32 Å². The van der Waals surface area contributed by atoms with Gasteiger partial charge in [-0.25, -0.2) is 4.39 Å². The van der Waals surface area contributed by atoms with Crippen molar-refractivity contribution in [3.8, 4) is 0 Å². The molecular formula is C12H18FNO. The van der Waals surface area contributed by atoms with Crippen LogP contribution in [0.5, 0.6) is 0 Å². The molecule has 1 aromatic rings. The maximum absolute atomic E-state index is 12.9. The fourth-order valence-electron chi connectivity index (χ4n) is 1.36. The molecule has 0 saturated carbocycles. The highest BCUT2D eigenvalue weighted by Crippen LogP contribution is 2.08. The van der Waals surface area contributed by atoms with Gasteiger partial charge in [-0.1, -0.05) is 12.1 Å². The number of hydrogen-bond acceptors (Lipinski definition) is 2. The number of benzene rings is 1. The Morgan fingerprint density at radius 1 is 1.47 bits per heavy atom. The van der Waals surface area contributed by atoms with Crippen molar-refractivity contribution in [3.05, 3.63) is 35.1 Å². The summed E-state index contributed by atoms with van der Waals surface area (Å²) < 4.78 is 12.9. The van der Waals surface area contributed by atoms with Crippen LogP contribution in [-0.2, 0) is 6.54 Å². The summed E-state index contributed by atoms with van der Waals surface area (Å²) in [4.78, 5) is 0. The van der Waals surface area contributed by atoms with Crippen LogP contribution in [-0.4, -0.2) is 17.8 Å². The monoisotopic (exact) mass is 211 g/mol. The number of nitrogens with one attached hydrogen (secondary N) is 1. The van der Waals surface area contributed by atoms with E-state index in [1.165, 1.54) is 6.07 Å². The molecule has 1 aromatic carbocycles. The van der Waals surface area contributed by atoms with Crippen molar-refractivity contribution >= 4 is 0 Å². The molecule has 1 atom stereocenters. The molecule has 0 aliphatic heterocycles. The first-order valence-electron chi connectivity index (χ1n) is 5.23. The van der Waals surface area contributed by atoms with Crippen molar-refractivity contribution in [2.45, 2.75) is 32.9 Å². The van der Waals surface area contributed by atoms with E-state index >= 15 is 0 Å². The fourth-order valence-corrected chi connectivity index (χ4v) is 1.36. The first-order chi connectivity index (χ1) is 7.09. The maximum atomic E-state index is 12.9. The summed E-state index contributed by atoms with van der Waals surface area (Å²) in [6.07, 6.45) is 0.465. The predicted octanol–water partition coefficient (Wildman–Crippen LogP) is 1.99. The van der Waals surface area contributed by atoms with Gasteiger partial charge in [0.15, 0.2) is 0 Å². The number of hydrogen-bond donors (Lipinski definition) is 2. The fraction of sp³-hybridized carbons (Fsp3) is 0.500. The van der Waals surface area contributed by atoms with Crippen LogP contribution in [0.3, 0.4) is 0 Å². The van der Waals surface area contributed by atoms with Crippen LogP contribution in [0.1, 0.15) is 24.5 Å². The first-order valence-corrected chi connectivity index (χ1v) is 5.23. The Kier molecular flexibility index (Phi) is 4.72. The van der Waals surface area contributed by atoms with Crippen molar-refractivity contribution < 1.29 is 9.50 Å². The van der Waals surface area contributed by atoms with Crippen molar-refractivity contribution in [1.82, 2.24) is 5.32 Å².